The third kappa shape index (κ3) is 3.28. The van der Waals surface area contributed by atoms with E-state index in [0.29, 0.717) is 23.9 Å². The Balaban J connectivity index is 2.02. The van der Waals surface area contributed by atoms with E-state index in [4.69, 9.17) is 4.74 Å². The SMILES string of the molecule is CC[C@H]1CN(S(=O)(=O)c2ccc(C(F)(F)F)nc2)c2ccccc2O1. The minimum absolute atomic E-state index is 0.0802. The number of aromatic nitrogens is 1. The van der Waals surface area contributed by atoms with Crippen LogP contribution in [0.25, 0.3) is 0 Å². The van der Waals surface area contributed by atoms with Gasteiger partial charge in [-0.05, 0) is 30.7 Å². The van der Waals surface area contributed by atoms with E-state index in [-0.39, 0.29) is 17.5 Å². The van der Waals surface area contributed by atoms with Crippen molar-refractivity contribution in [1.29, 1.82) is 0 Å². The van der Waals surface area contributed by atoms with E-state index in [0.717, 1.165) is 16.6 Å². The number of rotatable bonds is 3. The Morgan fingerprint density at radius 3 is 2.56 bits per heavy atom. The van der Waals surface area contributed by atoms with E-state index in [9.17, 15) is 21.6 Å². The number of anilines is 1. The van der Waals surface area contributed by atoms with E-state index in [1.54, 1.807) is 24.3 Å². The van der Waals surface area contributed by atoms with Crippen LogP contribution in [0.3, 0.4) is 0 Å². The molecule has 1 atom stereocenters. The minimum atomic E-state index is -4.62. The molecule has 2 aromatic rings. The molecule has 1 aliphatic heterocycles. The summed E-state index contributed by atoms with van der Waals surface area (Å²) >= 11 is 0. The third-order valence-electron chi connectivity index (χ3n) is 3.87. The highest BCUT2D eigenvalue weighted by molar-refractivity contribution is 7.92. The molecule has 1 aromatic carbocycles. The molecule has 0 saturated carbocycles. The molecule has 2 heterocycles. The first-order valence-corrected chi connectivity index (χ1v) is 8.99. The Morgan fingerprint density at radius 2 is 1.96 bits per heavy atom. The molecule has 9 heteroatoms. The van der Waals surface area contributed by atoms with Gasteiger partial charge in [0.25, 0.3) is 10.0 Å². The van der Waals surface area contributed by atoms with Gasteiger partial charge in [0, 0.05) is 6.20 Å². The Bertz CT molecular complexity index is 867. The zero-order chi connectivity index (χ0) is 18.2. The fourth-order valence-electron chi connectivity index (χ4n) is 2.53. The Hall–Kier alpha value is -2.29. The van der Waals surface area contributed by atoms with Crippen molar-refractivity contribution >= 4 is 15.7 Å². The quantitative estimate of drug-likeness (QED) is 0.828. The lowest BCUT2D eigenvalue weighted by Gasteiger charge is -2.35. The maximum Gasteiger partial charge on any atom is 0.433 e. The smallest absolute Gasteiger partial charge is 0.433 e. The molecule has 0 spiro atoms. The van der Waals surface area contributed by atoms with Crippen molar-refractivity contribution in [2.24, 2.45) is 0 Å². The molecule has 0 N–H and O–H groups in total. The van der Waals surface area contributed by atoms with Gasteiger partial charge in [-0.3, -0.25) is 9.29 Å². The standard InChI is InChI=1S/C16H15F3N2O3S/c1-2-11-10-21(13-5-3-4-6-14(13)24-11)25(22,23)12-7-8-15(20-9-12)16(17,18)19/h3-9,11H,2,10H2,1H3/t11-/m0/s1. The zero-order valence-electron chi connectivity index (χ0n) is 13.2. The topological polar surface area (TPSA) is 59.5 Å². The van der Waals surface area contributed by atoms with E-state index < -0.39 is 21.9 Å². The Morgan fingerprint density at radius 1 is 1.24 bits per heavy atom. The van der Waals surface area contributed by atoms with Crippen LogP contribution < -0.4 is 9.04 Å². The van der Waals surface area contributed by atoms with Gasteiger partial charge in [0.15, 0.2) is 0 Å². The average Bonchev–Trinajstić information content (AvgIpc) is 2.60. The summed E-state index contributed by atoms with van der Waals surface area (Å²) in [5.41, 5.74) is -0.785. The Labute approximate surface area is 143 Å². The van der Waals surface area contributed by atoms with Crippen molar-refractivity contribution < 1.29 is 26.3 Å². The third-order valence-corrected chi connectivity index (χ3v) is 5.63. The summed E-state index contributed by atoms with van der Waals surface area (Å²) < 4.78 is 70.6. The Kier molecular flexibility index (Phi) is 4.36. The fraction of sp³-hybridized carbons (Fsp3) is 0.312. The van der Waals surface area contributed by atoms with Gasteiger partial charge in [0.1, 0.15) is 22.4 Å². The van der Waals surface area contributed by atoms with Crippen LogP contribution in [-0.4, -0.2) is 26.1 Å². The van der Waals surface area contributed by atoms with Crippen LogP contribution in [-0.2, 0) is 16.2 Å². The van der Waals surface area contributed by atoms with Crippen molar-refractivity contribution in [2.75, 3.05) is 10.8 Å². The number of sulfonamides is 1. The normalized spacial score (nSPS) is 17.8. The van der Waals surface area contributed by atoms with E-state index in [2.05, 4.69) is 4.98 Å². The van der Waals surface area contributed by atoms with E-state index in [1.807, 2.05) is 6.92 Å². The number of benzene rings is 1. The van der Waals surface area contributed by atoms with Gasteiger partial charge in [-0.1, -0.05) is 19.1 Å². The summed E-state index contributed by atoms with van der Waals surface area (Å²) in [5.74, 6) is 0.420. The second-order valence-electron chi connectivity index (χ2n) is 5.53. The van der Waals surface area contributed by atoms with Gasteiger partial charge in [-0.2, -0.15) is 13.2 Å². The molecule has 0 aliphatic carbocycles. The van der Waals surface area contributed by atoms with Gasteiger partial charge in [0.05, 0.1) is 12.2 Å². The summed E-state index contributed by atoms with van der Waals surface area (Å²) in [6.07, 6.45) is -3.64. The summed E-state index contributed by atoms with van der Waals surface area (Å²) in [5, 5.41) is 0. The van der Waals surface area contributed by atoms with Crippen molar-refractivity contribution in [2.45, 2.75) is 30.5 Å². The molecule has 0 saturated heterocycles. The maximum absolute atomic E-state index is 12.9. The monoisotopic (exact) mass is 372 g/mol. The number of hydrogen-bond donors (Lipinski definition) is 0. The van der Waals surface area contributed by atoms with E-state index >= 15 is 0 Å². The van der Waals surface area contributed by atoms with Gasteiger partial charge >= 0.3 is 6.18 Å². The van der Waals surface area contributed by atoms with Crippen LogP contribution in [0.1, 0.15) is 19.0 Å². The lowest BCUT2D eigenvalue weighted by molar-refractivity contribution is -0.141. The highest BCUT2D eigenvalue weighted by atomic mass is 32.2. The second kappa shape index (κ2) is 6.21. The molecule has 0 fully saturated rings. The number of halogens is 3. The number of ether oxygens (including phenoxy) is 1. The molecule has 134 valence electrons. The number of pyridine rings is 1. The second-order valence-corrected chi connectivity index (χ2v) is 7.39. The number of hydrogen-bond acceptors (Lipinski definition) is 4. The number of alkyl halides is 3. The largest absolute Gasteiger partial charge is 0.486 e. The van der Waals surface area contributed by atoms with Crippen molar-refractivity contribution in [1.82, 2.24) is 4.98 Å². The molecule has 0 bridgehead atoms. The van der Waals surface area contributed by atoms with E-state index in [1.165, 1.54) is 0 Å². The molecule has 3 rings (SSSR count). The lowest BCUT2D eigenvalue weighted by atomic mass is 10.2. The first-order chi connectivity index (χ1) is 11.7. The molecule has 1 aromatic heterocycles. The summed E-state index contributed by atoms with van der Waals surface area (Å²) in [6, 6.07) is 8.23. The van der Waals surface area contributed by atoms with Gasteiger partial charge in [-0.15, -0.1) is 0 Å². The van der Waals surface area contributed by atoms with Crippen molar-refractivity contribution in [3.8, 4) is 5.75 Å². The zero-order valence-corrected chi connectivity index (χ0v) is 14.0. The van der Waals surface area contributed by atoms with Crippen molar-refractivity contribution in [3.05, 3.63) is 48.3 Å². The highest BCUT2D eigenvalue weighted by Gasteiger charge is 2.36. The van der Waals surface area contributed by atoms with Crippen molar-refractivity contribution in [3.63, 3.8) is 0 Å². The molecular formula is C16H15F3N2O3S. The van der Waals surface area contributed by atoms with Crippen LogP contribution in [0, 0.1) is 0 Å². The van der Waals surface area contributed by atoms with Gasteiger partial charge < -0.3 is 4.74 Å². The predicted octanol–water partition coefficient (Wildman–Crippen LogP) is 3.47. The number of para-hydroxylation sites is 2. The number of fused-ring (bicyclic) bond motifs is 1. The molecule has 1 aliphatic rings. The van der Waals surface area contributed by atoms with Crippen LogP contribution >= 0.6 is 0 Å². The average molecular weight is 372 g/mol. The summed E-state index contributed by atoms with van der Waals surface area (Å²) in [6.45, 7) is 1.94. The van der Waals surface area contributed by atoms with Crippen LogP contribution in [0.2, 0.25) is 0 Å². The highest BCUT2D eigenvalue weighted by Crippen LogP contribution is 2.37. The fourth-order valence-corrected chi connectivity index (χ4v) is 3.98. The van der Waals surface area contributed by atoms with Crippen LogP contribution in [0.4, 0.5) is 18.9 Å². The molecular weight excluding hydrogens is 357 g/mol. The van der Waals surface area contributed by atoms with Crippen LogP contribution in [0.5, 0.6) is 5.75 Å². The molecule has 25 heavy (non-hydrogen) atoms. The molecule has 0 unspecified atom stereocenters. The summed E-state index contributed by atoms with van der Waals surface area (Å²) in [4.78, 5) is 2.95. The first-order valence-electron chi connectivity index (χ1n) is 7.55. The van der Waals surface area contributed by atoms with Crippen LogP contribution in [0.15, 0.2) is 47.5 Å². The van der Waals surface area contributed by atoms with Gasteiger partial charge in [-0.25, -0.2) is 8.42 Å². The molecule has 0 radical (unpaired) electrons. The molecule has 0 amide bonds. The lowest BCUT2D eigenvalue weighted by Crippen LogP contribution is -2.43. The van der Waals surface area contributed by atoms with Gasteiger partial charge in [0.2, 0.25) is 0 Å². The summed E-state index contributed by atoms with van der Waals surface area (Å²) in [7, 11) is -4.06. The first kappa shape index (κ1) is 17.5. The minimum Gasteiger partial charge on any atom is -0.486 e. The maximum atomic E-state index is 12.9. The molecule has 5 nitrogen and oxygen atoms in total. The number of nitrogens with zero attached hydrogens (tertiary/aromatic N) is 2. The predicted molar refractivity (Wildman–Crippen MR) is 84.9 cm³/mol.